The summed E-state index contributed by atoms with van der Waals surface area (Å²) in [6.45, 7) is 2.30. The van der Waals surface area contributed by atoms with Crippen LogP contribution in [0.5, 0.6) is 0 Å². The Hall–Kier alpha value is -3.10. The minimum Gasteiger partial charge on any atom is -0.466 e. The summed E-state index contributed by atoms with van der Waals surface area (Å²) in [6.07, 6.45) is 7.55. The number of carbonyl (C=O) groups excluding carboxylic acids is 2. The first-order valence-corrected chi connectivity index (χ1v) is 12.5. The normalized spacial score (nSPS) is 27.1. The second-order valence-electron chi connectivity index (χ2n) is 10.8. The lowest BCUT2D eigenvalue weighted by Gasteiger charge is -2.53. The first-order chi connectivity index (χ1) is 17.1. The van der Waals surface area contributed by atoms with Gasteiger partial charge in [0.15, 0.2) is 5.82 Å². The number of hydrogen-bond acceptors (Lipinski definition) is 6. The van der Waals surface area contributed by atoms with Crippen molar-refractivity contribution in [3.8, 4) is 0 Å². The monoisotopic (exact) mass is 499 g/mol. The highest BCUT2D eigenvalue weighted by atomic mass is 19.3. The molecule has 7 nitrogen and oxygen atoms in total. The Balaban J connectivity index is 1.38. The molecule has 0 unspecified atom stereocenters. The summed E-state index contributed by atoms with van der Waals surface area (Å²) >= 11 is 0. The largest absolute Gasteiger partial charge is 0.466 e. The fourth-order valence-corrected chi connectivity index (χ4v) is 6.05. The number of hydrogen-bond donors (Lipinski definition) is 0. The maximum atomic E-state index is 13.7. The second-order valence-corrected chi connectivity index (χ2v) is 10.8. The number of halogens is 2. The number of anilines is 1. The number of carbonyl (C=O) groups is 2. The average Bonchev–Trinajstić information content (AvgIpc) is 3.32. The average molecular weight is 500 g/mol. The van der Waals surface area contributed by atoms with Crippen molar-refractivity contribution in [1.82, 2.24) is 10.1 Å². The van der Waals surface area contributed by atoms with Gasteiger partial charge in [-0.25, -0.2) is 13.6 Å². The van der Waals surface area contributed by atoms with Gasteiger partial charge in [-0.1, -0.05) is 17.3 Å². The molecule has 2 aromatic rings. The van der Waals surface area contributed by atoms with Crippen LogP contribution in [0.2, 0.25) is 0 Å². The zero-order valence-electron chi connectivity index (χ0n) is 20.6. The highest BCUT2D eigenvalue weighted by Crippen LogP contribution is 2.58. The van der Waals surface area contributed by atoms with Gasteiger partial charge < -0.3 is 14.2 Å². The van der Waals surface area contributed by atoms with Crippen molar-refractivity contribution in [1.29, 1.82) is 0 Å². The Morgan fingerprint density at radius 2 is 1.86 bits per heavy atom. The maximum Gasteiger partial charge on any atom is 0.330 e. The van der Waals surface area contributed by atoms with E-state index in [1.54, 1.807) is 11.0 Å². The van der Waals surface area contributed by atoms with Crippen LogP contribution in [0.3, 0.4) is 0 Å². The van der Waals surface area contributed by atoms with E-state index in [4.69, 9.17) is 4.52 Å². The molecule has 192 valence electrons. The SMILES string of the molecule is COC(=O)/C=C/c1cccc(N(CC23CCC(c4nc(C)no4)(CC2)CC3)C(=O)C2CC(F)(F)C2)c1. The number of aryl methyl sites for hydroxylation is 1. The fraction of sp³-hybridized carbons (Fsp3) is 0.556. The molecule has 2 bridgehead atoms. The van der Waals surface area contributed by atoms with Crippen LogP contribution in [-0.4, -0.2) is 41.6 Å². The van der Waals surface area contributed by atoms with Crippen molar-refractivity contribution in [2.75, 3.05) is 18.6 Å². The molecule has 4 fully saturated rings. The van der Waals surface area contributed by atoms with Gasteiger partial charge in [-0.3, -0.25) is 4.79 Å². The highest BCUT2D eigenvalue weighted by Gasteiger charge is 2.54. The number of amides is 1. The predicted molar refractivity (Wildman–Crippen MR) is 128 cm³/mol. The number of aromatic nitrogens is 2. The molecule has 4 aliphatic carbocycles. The molecule has 0 atom stereocenters. The topological polar surface area (TPSA) is 85.5 Å². The van der Waals surface area contributed by atoms with E-state index in [0.717, 1.165) is 44.1 Å². The van der Waals surface area contributed by atoms with Crippen molar-refractivity contribution < 1.29 is 27.6 Å². The van der Waals surface area contributed by atoms with Crippen molar-refractivity contribution >= 4 is 23.6 Å². The third kappa shape index (κ3) is 4.67. The summed E-state index contributed by atoms with van der Waals surface area (Å²) in [5.41, 5.74) is 1.19. The van der Waals surface area contributed by atoms with E-state index in [0.29, 0.717) is 23.9 Å². The molecule has 0 N–H and O–H groups in total. The second kappa shape index (κ2) is 9.09. The summed E-state index contributed by atoms with van der Waals surface area (Å²) in [6, 6.07) is 7.29. The molecule has 0 radical (unpaired) electrons. The lowest BCUT2D eigenvalue weighted by Crippen LogP contribution is -2.53. The minimum atomic E-state index is -2.77. The molecular formula is C27H31F2N3O4. The van der Waals surface area contributed by atoms with Gasteiger partial charge in [0.05, 0.1) is 7.11 Å². The third-order valence-corrected chi connectivity index (χ3v) is 8.38. The summed E-state index contributed by atoms with van der Waals surface area (Å²) in [7, 11) is 1.31. The molecule has 1 heterocycles. The summed E-state index contributed by atoms with van der Waals surface area (Å²) in [4.78, 5) is 31.3. The van der Waals surface area contributed by atoms with E-state index in [9.17, 15) is 18.4 Å². The van der Waals surface area contributed by atoms with Crippen molar-refractivity contribution in [2.45, 2.75) is 69.6 Å². The van der Waals surface area contributed by atoms with Crippen LogP contribution in [0.25, 0.3) is 6.08 Å². The van der Waals surface area contributed by atoms with Crippen molar-refractivity contribution in [3.05, 3.63) is 47.6 Å². The van der Waals surface area contributed by atoms with Crippen LogP contribution in [0.15, 0.2) is 34.9 Å². The number of esters is 1. The molecule has 1 aromatic heterocycles. The molecule has 6 rings (SSSR count). The molecule has 9 heteroatoms. The molecule has 4 saturated carbocycles. The smallest absolute Gasteiger partial charge is 0.330 e. The van der Waals surface area contributed by atoms with Crippen LogP contribution in [-0.2, 0) is 19.7 Å². The summed E-state index contributed by atoms with van der Waals surface area (Å²) in [5.74, 6) is -2.83. The highest BCUT2D eigenvalue weighted by molar-refractivity contribution is 5.96. The van der Waals surface area contributed by atoms with Crippen LogP contribution in [0.1, 0.15) is 68.6 Å². The molecule has 1 aromatic carbocycles. The van der Waals surface area contributed by atoms with Gasteiger partial charge in [-0.2, -0.15) is 4.98 Å². The number of ether oxygens (including phenoxy) is 1. The first kappa shape index (κ1) is 24.6. The zero-order valence-corrected chi connectivity index (χ0v) is 20.6. The van der Waals surface area contributed by atoms with Crippen LogP contribution in [0, 0.1) is 18.3 Å². The van der Waals surface area contributed by atoms with Gasteiger partial charge in [-0.15, -0.1) is 0 Å². The lowest BCUT2D eigenvalue weighted by atomic mass is 9.53. The van der Waals surface area contributed by atoms with E-state index in [1.165, 1.54) is 13.2 Å². The van der Waals surface area contributed by atoms with Gasteiger partial charge in [0.25, 0.3) is 0 Å². The quantitative estimate of drug-likeness (QED) is 0.383. The number of nitrogens with zero attached hydrogens (tertiary/aromatic N) is 3. The van der Waals surface area contributed by atoms with E-state index in [1.807, 2.05) is 31.2 Å². The van der Waals surface area contributed by atoms with E-state index in [-0.39, 0.29) is 16.7 Å². The van der Waals surface area contributed by atoms with Gasteiger partial charge in [0, 0.05) is 42.5 Å². The van der Waals surface area contributed by atoms with E-state index < -0.39 is 30.7 Å². The summed E-state index contributed by atoms with van der Waals surface area (Å²) in [5, 5.41) is 3.98. The molecule has 4 aliphatic rings. The third-order valence-electron chi connectivity index (χ3n) is 8.38. The minimum absolute atomic E-state index is 0.0867. The number of methoxy groups -OCH3 is 1. The summed E-state index contributed by atoms with van der Waals surface area (Å²) < 4.78 is 37.5. The van der Waals surface area contributed by atoms with Crippen LogP contribution < -0.4 is 4.90 Å². The molecule has 0 aliphatic heterocycles. The Labute approximate surface area is 208 Å². The molecule has 1 amide bonds. The lowest BCUT2D eigenvalue weighted by molar-refractivity contribution is -0.148. The molecule has 36 heavy (non-hydrogen) atoms. The number of benzene rings is 1. The first-order valence-electron chi connectivity index (χ1n) is 12.5. The van der Waals surface area contributed by atoms with Gasteiger partial charge in [0.2, 0.25) is 17.7 Å². The van der Waals surface area contributed by atoms with Crippen LogP contribution in [0.4, 0.5) is 14.5 Å². The van der Waals surface area contributed by atoms with Crippen molar-refractivity contribution in [2.24, 2.45) is 11.3 Å². The molecular weight excluding hydrogens is 468 g/mol. The Morgan fingerprint density at radius 3 is 2.44 bits per heavy atom. The van der Waals surface area contributed by atoms with E-state index >= 15 is 0 Å². The maximum absolute atomic E-state index is 13.7. The Morgan fingerprint density at radius 1 is 1.17 bits per heavy atom. The van der Waals surface area contributed by atoms with Crippen molar-refractivity contribution in [3.63, 3.8) is 0 Å². The number of fused-ring (bicyclic) bond motifs is 3. The fourth-order valence-electron chi connectivity index (χ4n) is 6.05. The number of alkyl halides is 2. The Bertz CT molecular complexity index is 1160. The molecule has 0 spiro atoms. The van der Waals surface area contributed by atoms with Gasteiger partial charge in [0.1, 0.15) is 0 Å². The van der Waals surface area contributed by atoms with Gasteiger partial charge in [-0.05, 0) is 74.6 Å². The van der Waals surface area contributed by atoms with Gasteiger partial charge >= 0.3 is 5.97 Å². The van der Waals surface area contributed by atoms with E-state index in [2.05, 4.69) is 14.9 Å². The van der Waals surface area contributed by atoms with Crippen LogP contribution >= 0.6 is 0 Å². The standard InChI is InChI=1S/C27H31F2N3O4/c1-18-30-24(36-31-18)26-11-8-25(9-12-26,10-13-26)17-32(23(34)20-15-27(28,29)16-20)21-5-3-4-19(14-21)6-7-22(33)35-2/h3-7,14,20H,8-13,15-17H2,1-2H3/b7-6+. The molecule has 0 saturated heterocycles. The number of rotatable bonds is 7. The zero-order chi connectivity index (χ0) is 25.6. The Kier molecular flexibility index (Phi) is 6.21. The predicted octanol–water partition coefficient (Wildman–Crippen LogP) is 5.23.